The Balaban J connectivity index is 1.76. The third-order valence-electron chi connectivity index (χ3n) is 4.02. The van der Waals surface area contributed by atoms with Gasteiger partial charge in [-0.1, -0.05) is 23.8 Å². The summed E-state index contributed by atoms with van der Waals surface area (Å²) in [6.45, 7) is 4.55. The quantitative estimate of drug-likeness (QED) is 0.854. The molecule has 0 aromatic heterocycles. The van der Waals surface area contributed by atoms with Crippen LogP contribution in [0.4, 0.5) is 0 Å². The molecule has 0 heterocycles. The Morgan fingerprint density at radius 1 is 1.37 bits per heavy atom. The molecule has 0 unspecified atom stereocenters. The van der Waals surface area contributed by atoms with Crippen molar-refractivity contribution in [2.75, 3.05) is 6.54 Å². The van der Waals surface area contributed by atoms with E-state index in [0.717, 1.165) is 25.7 Å². The van der Waals surface area contributed by atoms with Crippen LogP contribution in [0, 0.1) is 13.8 Å². The SMILES string of the molecule is Cc1ccc(CCC(=O)NCC2(O)CCC2)c(C)c1. The smallest absolute Gasteiger partial charge is 0.220 e. The molecule has 2 rings (SSSR count). The molecule has 0 aliphatic heterocycles. The zero-order chi connectivity index (χ0) is 13.9. The second-order valence-electron chi connectivity index (χ2n) is 5.78. The van der Waals surface area contributed by atoms with Gasteiger partial charge >= 0.3 is 0 Å². The second-order valence-corrected chi connectivity index (χ2v) is 5.78. The zero-order valence-corrected chi connectivity index (χ0v) is 11.8. The predicted octanol–water partition coefficient (Wildman–Crippen LogP) is 2.27. The molecule has 1 fully saturated rings. The molecule has 0 atom stereocenters. The molecular formula is C16H23NO2. The van der Waals surface area contributed by atoms with E-state index in [0.29, 0.717) is 13.0 Å². The standard InChI is InChI=1S/C16H23NO2/c1-12-4-5-14(13(2)10-12)6-7-15(18)17-11-16(19)8-3-9-16/h4-5,10,19H,3,6-9,11H2,1-2H3,(H,17,18). The van der Waals surface area contributed by atoms with Crippen LogP contribution in [-0.2, 0) is 11.2 Å². The summed E-state index contributed by atoms with van der Waals surface area (Å²) in [4.78, 5) is 11.8. The van der Waals surface area contributed by atoms with E-state index in [9.17, 15) is 9.90 Å². The molecule has 1 aliphatic carbocycles. The normalized spacial score (nSPS) is 16.8. The van der Waals surface area contributed by atoms with Gasteiger partial charge in [0.15, 0.2) is 0 Å². The molecule has 1 amide bonds. The Kier molecular flexibility index (Phi) is 4.25. The minimum atomic E-state index is -0.630. The summed E-state index contributed by atoms with van der Waals surface area (Å²) in [6.07, 6.45) is 3.93. The molecule has 19 heavy (non-hydrogen) atoms. The lowest BCUT2D eigenvalue weighted by atomic mass is 9.80. The van der Waals surface area contributed by atoms with Crippen LogP contribution >= 0.6 is 0 Å². The number of hydrogen-bond donors (Lipinski definition) is 2. The van der Waals surface area contributed by atoms with Gasteiger partial charge < -0.3 is 10.4 Å². The van der Waals surface area contributed by atoms with Crippen molar-refractivity contribution in [2.24, 2.45) is 0 Å². The molecule has 0 spiro atoms. The number of carbonyl (C=O) groups excluding carboxylic acids is 1. The van der Waals surface area contributed by atoms with Crippen molar-refractivity contribution in [3.63, 3.8) is 0 Å². The minimum Gasteiger partial charge on any atom is -0.388 e. The summed E-state index contributed by atoms with van der Waals surface area (Å²) in [7, 11) is 0. The highest BCUT2D eigenvalue weighted by molar-refractivity contribution is 5.76. The first-order valence-electron chi connectivity index (χ1n) is 7.04. The van der Waals surface area contributed by atoms with Crippen LogP contribution in [0.2, 0.25) is 0 Å². The first-order valence-corrected chi connectivity index (χ1v) is 7.04. The van der Waals surface area contributed by atoms with Crippen LogP contribution < -0.4 is 5.32 Å². The minimum absolute atomic E-state index is 0.0281. The van der Waals surface area contributed by atoms with Crippen LogP contribution in [0.25, 0.3) is 0 Å². The maximum absolute atomic E-state index is 11.8. The van der Waals surface area contributed by atoms with Gasteiger partial charge in [-0.3, -0.25) is 4.79 Å². The third-order valence-corrected chi connectivity index (χ3v) is 4.02. The number of nitrogens with one attached hydrogen (secondary N) is 1. The summed E-state index contributed by atoms with van der Waals surface area (Å²) in [5.74, 6) is 0.0281. The van der Waals surface area contributed by atoms with E-state index >= 15 is 0 Å². The van der Waals surface area contributed by atoms with Crippen molar-refractivity contribution >= 4 is 5.91 Å². The molecule has 104 valence electrons. The summed E-state index contributed by atoms with van der Waals surface area (Å²) in [6, 6.07) is 6.32. The number of rotatable bonds is 5. The Morgan fingerprint density at radius 2 is 2.11 bits per heavy atom. The van der Waals surface area contributed by atoms with Crippen LogP contribution in [0.1, 0.15) is 42.4 Å². The molecule has 3 heteroatoms. The Hall–Kier alpha value is -1.35. The van der Waals surface area contributed by atoms with Gasteiger partial charge in [-0.25, -0.2) is 0 Å². The van der Waals surface area contributed by atoms with Crippen LogP contribution in [0.15, 0.2) is 18.2 Å². The summed E-state index contributed by atoms with van der Waals surface area (Å²) in [5, 5.41) is 12.7. The van der Waals surface area contributed by atoms with Crippen molar-refractivity contribution < 1.29 is 9.90 Å². The fourth-order valence-corrected chi connectivity index (χ4v) is 2.49. The van der Waals surface area contributed by atoms with Crippen molar-refractivity contribution in [1.82, 2.24) is 5.32 Å². The lowest BCUT2D eigenvalue weighted by molar-refractivity contribution is -0.123. The highest BCUT2D eigenvalue weighted by atomic mass is 16.3. The van der Waals surface area contributed by atoms with Crippen LogP contribution in [-0.4, -0.2) is 23.2 Å². The van der Waals surface area contributed by atoms with Crippen molar-refractivity contribution in [2.45, 2.75) is 51.6 Å². The van der Waals surface area contributed by atoms with E-state index in [1.807, 2.05) is 0 Å². The Bertz CT molecular complexity index is 464. The zero-order valence-electron chi connectivity index (χ0n) is 11.8. The van der Waals surface area contributed by atoms with Gasteiger partial charge in [0, 0.05) is 13.0 Å². The fraction of sp³-hybridized carbons (Fsp3) is 0.562. The first kappa shape index (κ1) is 14.1. The topological polar surface area (TPSA) is 49.3 Å². The molecule has 1 aliphatic rings. The average Bonchev–Trinajstić information content (AvgIpc) is 2.33. The number of carbonyl (C=O) groups is 1. The highest BCUT2D eigenvalue weighted by Crippen LogP contribution is 2.30. The van der Waals surface area contributed by atoms with Gasteiger partial charge in [-0.2, -0.15) is 0 Å². The second kappa shape index (κ2) is 5.74. The third kappa shape index (κ3) is 3.80. The molecular weight excluding hydrogens is 238 g/mol. The summed E-state index contributed by atoms with van der Waals surface area (Å²) >= 11 is 0. The lowest BCUT2D eigenvalue weighted by Gasteiger charge is -2.36. The number of amides is 1. The van der Waals surface area contributed by atoms with Gasteiger partial charge in [0.05, 0.1) is 5.60 Å². The molecule has 0 radical (unpaired) electrons. The summed E-state index contributed by atoms with van der Waals surface area (Å²) in [5.41, 5.74) is 3.08. The molecule has 1 saturated carbocycles. The largest absolute Gasteiger partial charge is 0.388 e. The van der Waals surface area contributed by atoms with E-state index in [1.54, 1.807) is 0 Å². The Labute approximate surface area is 115 Å². The van der Waals surface area contributed by atoms with E-state index in [-0.39, 0.29) is 5.91 Å². The van der Waals surface area contributed by atoms with Gasteiger partial charge in [-0.15, -0.1) is 0 Å². The van der Waals surface area contributed by atoms with Crippen LogP contribution in [0.3, 0.4) is 0 Å². The molecule has 0 bridgehead atoms. The monoisotopic (exact) mass is 261 g/mol. The maximum atomic E-state index is 11.8. The Morgan fingerprint density at radius 3 is 2.68 bits per heavy atom. The molecule has 1 aromatic carbocycles. The fourth-order valence-electron chi connectivity index (χ4n) is 2.49. The summed E-state index contributed by atoms with van der Waals surface area (Å²) < 4.78 is 0. The molecule has 3 nitrogen and oxygen atoms in total. The first-order chi connectivity index (χ1) is 8.98. The number of aliphatic hydroxyl groups is 1. The van der Waals surface area contributed by atoms with Crippen molar-refractivity contribution in [3.05, 3.63) is 34.9 Å². The van der Waals surface area contributed by atoms with Crippen molar-refractivity contribution in [1.29, 1.82) is 0 Å². The predicted molar refractivity (Wildman–Crippen MR) is 76.0 cm³/mol. The van der Waals surface area contributed by atoms with Gasteiger partial charge in [0.2, 0.25) is 5.91 Å². The number of benzene rings is 1. The number of aryl methyl sites for hydroxylation is 3. The highest BCUT2D eigenvalue weighted by Gasteiger charge is 2.34. The van der Waals surface area contributed by atoms with E-state index in [1.165, 1.54) is 16.7 Å². The van der Waals surface area contributed by atoms with Crippen molar-refractivity contribution in [3.8, 4) is 0 Å². The van der Waals surface area contributed by atoms with Crippen LogP contribution in [0.5, 0.6) is 0 Å². The molecule has 2 N–H and O–H groups in total. The lowest BCUT2D eigenvalue weighted by Crippen LogP contribution is -2.47. The molecule has 1 aromatic rings. The van der Waals surface area contributed by atoms with Gasteiger partial charge in [0.1, 0.15) is 0 Å². The van der Waals surface area contributed by atoms with Gasteiger partial charge in [-0.05, 0) is 50.7 Å². The van der Waals surface area contributed by atoms with E-state index in [4.69, 9.17) is 0 Å². The average molecular weight is 261 g/mol. The number of hydrogen-bond acceptors (Lipinski definition) is 2. The molecule has 0 saturated heterocycles. The van der Waals surface area contributed by atoms with Gasteiger partial charge in [0.25, 0.3) is 0 Å². The maximum Gasteiger partial charge on any atom is 0.220 e. The van der Waals surface area contributed by atoms with E-state index in [2.05, 4.69) is 37.4 Å². The van der Waals surface area contributed by atoms with E-state index < -0.39 is 5.60 Å².